The zero-order valence-electron chi connectivity index (χ0n) is 22.9. The number of aliphatic carboxylic acids is 1. The summed E-state index contributed by atoms with van der Waals surface area (Å²) in [5, 5.41) is 22.3. The largest absolute Gasteiger partial charge is 0.481 e. The van der Waals surface area contributed by atoms with Crippen LogP contribution < -0.4 is 0 Å². The Kier molecular flexibility index (Phi) is 6.22. The summed E-state index contributed by atoms with van der Waals surface area (Å²) in [6.45, 7) is 10.8. The van der Waals surface area contributed by atoms with E-state index in [1.165, 1.54) is 12.8 Å². The second kappa shape index (κ2) is 8.87. The molecule has 0 unspecified atom stereocenters. The van der Waals surface area contributed by atoms with Gasteiger partial charge in [-0.3, -0.25) is 9.69 Å². The molecule has 1 aliphatic heterocycles. The van der Waals surface area contributed by atoms with Gasteiger partial charge in [-0.15, -0.1) is 0 Å². The summed E-state index contributed by atoms with van der Waals surface area (Å²) in [5.41, 5.74) is -1.95. The minimum atomic E-state index is -1.26. The number of carbonyl (C=O) groups is 2. The van der Waals surface area contributed by atoms with Gasteiger partial charge in [-0.25, -0.2) is 0 Å². The highest BCUT2D eigenvalue weighted by atomic mass is 16.7. The van der Waals surface area contributed by atoms with Crippen molar-refractivity contribution in [2.75, 3.05) is 26.2 Å². The number of hydrogen-bond donors (Lipinski definition) is 2. The number of nitrogens with zero attached hydrogens (tertiary/aromatic N) is 1. The number of hydrogen-bond acceptors (Lipinski definition) is 6. The second-order valence-electron chi connectivity index (χ2n) is 13.8. The van der Waals surface area contributed by atoms with E-state index >= 15 is 0 Å². The molecule has 10 atom stereocenters. The van der Waals surface area contributed by atoms with Crippen molar-refractivity contribution < 1.29 is 29.3 Å². The molecule has 5 aliphatic carbocycles. The Bertz CT molecular complexity index is 977. The maximum absolute atomic E-state index is 13.6. The summed E-state index contributed by atoms with van der Waals surface area (Å²) < 4.78 is 12.7. The minimum Gasteiger partial charge on any atom is -0.481 e. The second-order valence-corrected chi connectivity index (χ2v) is 13.8. The predicted molar refractivity (Wildman–Crippen MR) is 137 cm³/mol. The highest BCUT2D eigenvalue weighted by Gasteiger charge is 2.84. The van der Waals surface area contributed by atoms with Gasteiger partial charge in [0.05, 0.1) is 18.1 Å². The molecule has 2 N–H and O–H groups in total. The van der Waals surface area contributed by atoms with Gasteiger partial charge in [0.15, 0.2) is 6.29 Å². The molecule has 7 nitrogen and oxygen atoms in total. The summed E-state index contributed by atoms with van der Waals surface area (Å²) >= 11 is 0. The smallest absolute Gasteiger partial charge is 0.315 e. The average Bonchev–Trinajstić information content (AvgIpc) is 3.51. The molecule has 1 heterocycles. The van der Waals surface area contributed by atoms with Crippen molar-refractivity contribution in [3.8, 4) is 0 Å². The minimum absolute atomic E-state index is 0.0179. The monoisotopic (exact) mass is 515 g/mol. The lowest BCUT2D eigenvalue weighted by Crippen LogP contribution is -2.63. The first-order chi connectivity index (χ1) is 17.6. The molecular weight excluding hydrogens is 470 g/mol. The van der Waals surface area contributed by atoms with Crippen molar-refractivity contribution in [1.29, 1.82) is 0 Å². The van der Waals surface area contributed by atoms with Crippen LogP contribution in [0.15, 0.2) is 11.6 Å². The van der Waals surface area contributed by atoms with Crippen molar-refractivity contribution in [1.82, 2.24) is 4.90 Å². The molecule has 6 rings (SSSR count). The third-order valence-corrected chi connectivity index (χ3v) is 11.5. The third-order valence-electron chi connectivity index (χ3n) is 11.5. The van der Waals surface area contributed by atoms with Crippen LogP contribution in [0.5, 0.6) is 0 Å². The lowest BCUT2D eigenvalue weighted by Gasteiger charge is -2.58. The van der Waals surface area contributed by atoms with Gasteiger partial charge in [0.1, 0.15) is 17.8 Å². The van der Waals surface area contributed by atoms with E-state index in [2.05, 4.69) is 31.7 Å². The van der Waals surface area contributed by atoms with Gasteiger partial charge >= 0.3 is 5.97 Å². The van der Waals surface area contributed by atoms with E-state index in [1.54, 1.807) is 0 Å². The number of aliphatic hydroxyl groups excluding tert-OH is 1. The number of rotatable bonds is 8. The van der Waals surface area contributed by atoms with Gasteiger partial charge in [0.25, 0.3) is 0 Å². The van der Waals surface area contributed by atoms with Crippen molar-refractivity contribution in [3.63, 3.8) is 0 Å². The Morgan fingerprint density at radius 1 is 1.22 bits per heavy atom. The first-order valence-corrected chi connectivity index (χ1v) is 14.7. The molecule has 7 heteroatoms. The summed E-state index contributed by atoms with van der Waals surface area (Å²) in [4.78, 5) is 29.0. The van der Waals surface area contributed by atoms with Gasteiger partial charge in [0, 0.05) is 25.0 Å². The van der Waals surface area contributed by atoms with E-state index in [1.807, 2.05) is 6.92 Å². The van der Waals surface area contributed by atoms with Gasteiger partial charge in [-0.1, -0.05) is 38.8 Å². The van der Waals surface area contributed by atoms with E-state index in [4.69, 9.17) is 9.47 Å². The van der Waals surface area contributed by atoms with Gasteiger partial charge in [-0.2, -0.15) is 0 Å². The van der Waals surface area contributed by atoms with Gasteiger partial charge in [-0.05, 0) is 74.5 Å². The molecule has 37 heavy (non-hydrogen) atoms. The lowest BCUT2D eigenvalue weighted by atomic mass is 9.43. The topological polar surface area (TPSA) is 96.3 Å². The van der Waals surface area contributed by atoms with Crippen molar-refractivity contribution in [3.05, 3.63) is 11.6 Å². The molecular formula is C30H45NO6. The van der Waals surface area contributed by atoms with E-state index in [9.17, 15) is 19.8 Å². The van der Waals surface area contributed by atoms with E-state index in [0.717, 1.165) is 50.1 Å². The Morgan fingerprint density at radius 3 is 2.62 bits per heavy atom. The molecule has 0 aromatic carbocycles. The number of aldehydes is 1. The molecule has 0 spiro atoms. The highest BCUT2D eigenvalue weighted by Crippen LogP contribution is 2.82. The molecule has 1 saturated heterocycles. The fourth-order valence-electron chi connectivity index (χ4n) is 9.98. The molecule has 0 radical (unpaired) electrons. The van der Waals surface area contributed by atoms with Crippen molar-refractivity contribution >= 4 is 12.3 Å². The number of carboxylic acids is 1. The van der Waals surface area contributed by atoms with Crippen LogP contribution in [0, 0.1) is 51.8 Å². The SMILES string of the molecule is CC(C)C1=C[C@H]2C[C@]3(C=O)[C@@H]4CC[C@@H](C)[C@H]4C[C@@]2(CO[C@@H]2O[C@H](C)CN(CC4CC4)C[C@@H]2O)[C@]13C(=O)O. The number of aliphatic hydroxyl groups is 1. The molecule has 4 saturated carbocycles. The first kappa shape index (κ1) is 26.0. The summed E-state index contributed by atoms with van der Waals surface area (Å²) in [5.74, 6) is 0.757. The predicted octanol–water partition coefficient (Wildman–Crippen LogP) is 3.75. The normalized spacial score (nSPS) is 49.1. The molecule has 5 fully saturated rings. The molecule has 206 valence electrons. The van der Waals surface area contributed by atoms with Crippen LogP contribution in [0.3, 0.4) is 0 Å². The van der Waals surface area contributed by atoms with Gasteiger partial charge in [0.2, 0.25) is 0 Å². The van der Waals surface area contributed by atoms with Crippen molar-refractivity contribution in [2.24, 2.45) is 51.8 Å². The van der Waals surface area contributed by atoms with Crippen LogP contribution in [0.1, 0.15) is 66.2 Å². The van der Waals surface area contributed by atoms with Crippen LogP contribution in [-0.2, 0) is 19.1 Å². The van der Waals surface area contributed by atoms with Crippen LogP contribution in [-0.4, -0.2) is 72.1 Å². The maximum atomic E-state index is 13.6. The van der Waals surface area contributed by atoms with Crippen LogP contribution in [0.2, 0.25) is 0 Å². The molecule has 6 aliphatic rings. The van der Waals surface area contributed by atoms with E-state index < -0.39 is 34.6 Å². The van der Waals surface area contributed by atoms with E-state index in [-0.39, 0.29) is 30.5 Å². The Hall–Kier alpha value is -1.28. The van der Waals surface area contributed by atoms with Crippen LogP contribution >= 0.6 is 0 Å². The fourth-order valence-corrected chi connectivity index (χ4v) is 9.98. The standard InChI is InChI=1S/C30H45NO6/c1-17(2)24-9-21-10-28(15-32)23-8-5-18(3)22(23)11-29(21,30(24,28)27(34)35)16-36-26-25(33)14-31(12-19(4)37-26)13-20-6-7-20/h9,15,17-23,25-26,33H,5-8,10-14,16H2,1-4H3,(H,34,35)/t18-,19-,21+,22-,23-,25+,26-,28+,29+,30+/m1/s1. The molecule has 0 aromatic rings. The quantitative estimate of drug-likeness (QED) is 0.375. The van der Waals surface area contributed by atoms with Crippen LogP contribution in [0.4, 0.5) is 0 Å². The van der Waals surface area contributed by atoms with E-state index in [0.29, 0.717) is 24.8 Å². The molecule has 4 bridgehead atoms. The number of allylic oxidation sites excluding steroid dienone is 1. The Morgan fingerprint density at radius 2 is 1.97 bits per heavy atom. The number of β-amino-alcohol motifs (C(OH)–C–C–N with tert-alkyl or cyclic N) is 1. The zero-order valence-corrected chi connectivity index (χ0v) is 22.9. The maximum Gasteiger partial charge on any atom is 0.315 e. The number of carboxylic acid groups (broad SMARTS) is 1. The Balaban J connectivity index is 1.35. The highest BCUT2D eigenvalue weighted by molar-refractivity contribution is 5.90. The summed E-state index contributed by atoms with van der Waals surface area (Å²) in [6, 6.07) is 0. The van der Waals surface area contributed by atoms with Crippen molar-refractivity contribution in [2.45, 2.75) is 84.7 Å². The third kappa shape index (κ3) is 3.46. The zero-order chi connectivity index (χ0) is 26.3. The Labute approximate surface area is 220 Å². The summed E-state index contributed by atoms with van der Waals surface area (Å²) in [6.07, 6.45) is 7.39. The first-order valence-electron chi connectivity index (χ1n) is 14.7. The fraction of sp³-hybridized carbons (Fsp3) is 0.867. The van der Waals surface area contributed by atoms with Gasteiger partial charge < -0.3 is 24.5 Å². The molecule has 0 amide bonds. The summed E-state index contributed by atoms with van der Waals surface area (Å²) in [7, 11) is 0. The van der Waals surface area contributed by atoms with Crippen LogP contribution in [0.25, 0.3) is 0 Å². The molecule has 0 aromatic heterocycles. The average molecular weight is 516 g/mol. The lowest BCUT2D eigenvalue weighted by molar-refractivity contribution is -0.235. The number of ether oxygens (including phenoxy) is 2. The number of fused-ring (bicyclic) bond motifs is 2. The number of carbonyl (C=O) groups excluding carboxylic acids is 1.